The fourth-order valence-corrected chi connectivity index (χ4v) is 3.37. The first-order valence-corrected chi connectivity index (χ1v) is 11.2. The van der Waals surface area contributed by atoms with E-state index < -0.39 is 0 Å². The van der Waals surface area contributed by atoms with Crippen LogP contribution in [0.2, 0.25) is 0 Å². The van der Waals surface area contributed by atoms with Crippen molar-refractivity contribution in [2.24, 2.45) is 0 Å². The van der Waals surface area contributed by atoms with Crippen molar-refractivity contribution in [3.63, 3.8) is 0 Å². The Morgan fingerprint density at radius 1 is 1.16 bits per heavy atom. The number of carbonyl (C=O) groups excluding carboxylic acids is 3. The average molecular weight is 441 g/mol. The summed E-state index contributed by atoms with van der Waals surface area (Å²) in [7, 11) is 3.56. The van der Waals surface area contributed by atoms with Crippen LogP contribution >= 0.6 is 0 Å². The molecule has 1 fully saturated rings. The second-order valence-corrected chi connectivity index (χ2v) is 7.80. The van der Waals surface area contributed by atoms with Gasteiger partial charge in [0.15, 0.2) is 5.78 Å². The van der Waals surface area contributed by atoms with Gasteiger partial charge in [0.05, 0.1) is 12.2 Å². The molecule has 0 unspecified atom stereocenters. The molecule has 0 saturated carbocycles. The van der Waals surface area contributed by atoms with Crippen molar-refractivity contribution in [1.29, 1.82) is 0 Å². The number of anilines is 1. The van der Waals surface area contributed by atoms with Gasteiger partial charge in [-0.1, -0.05) is 38.1 Å². The lowest BCUT2D eigenvalue weighted by Gasteiger charge is -2.21. The number of piperidine rings is 1. The zero-order valence-electron chi connectivity index (χ0n) is 19.5. The van der Waals surface area contributed by atoms with E-state index in [-0.39, 0.29) is 19.7 Å². The summed E-state index contributed by atoms with van der Waals surface area (Å²) in [5.74, 6) is 0.00350. The highest BCUT2D eigenvalue weighted by atomic mass is 16.2. The topological polar surface area (TPSA) is 91.4 Å². The van der Waals surface area contributed by atoms with Crippen molar-refractivity contribution in [2.75, 3.05) is 32.5 Å². The highest BCUT2D eigenvalue weighted by Gasteiger charge is 2.15. The number of likely N-dealkylation sites (tertiary alicyclic amines) is 1. The molecule has 7 nitrogen and oxygen atoms in total. The van der Waals surface area contributed by atoms with Crippen LogP contribution in [-0.2, 0) is 16.0 Å². The van der Waals surface area contributed by atoms with Crippen LogP contribution in [0.25, 0.3) is 11.1 Å². The predicted molar refractivity (Wildman–Crippen MR) is 130 cm³/mol. The molecule has 3 rings (SSSR count). The Kier molecular flexibility index (Phi) is 10.0. The molecule has 2 heterocycles. The smallest absolute Gasteiger partial charge is 0.238 e. The lowest BCUT2D eigenvalue weighted by atomic mass is 10.0. The molecule has 0 radical (unpaired) electrons. The highest BCUT2D eigenvalue weighted by molar-refractivity contribution is 6.04. The molecule has 0 bridgehead atoms. The van der Waals surface area contributed by atoms with Gasteiger partial charge >= 0.3 is 0 Å². The number of Topliss-reactive ketones (excluding diaryl/α,β-unsaturated/α-hetero) is 1. The van der Waals surface area contributed by atoms with E-state index in [9.17, 15) is 14.4 Å². The van der Waals surface area contributed by atoms with Gasteiger partial charge in [-0.3, -0.25) is 19.4 Å². The number of likely N-dealkylation sites (N-methyl/N-ethyl adjacent to an activating group) is 1. The summed E-state index contributed by atoms with van der Waals surface area (Å²) >= 11 is 0. The number of hydrogen-bond acceptors (Lipinski definition) is 5. The van der Waals surface area contributed by atoms with Crippen LogP contribution in [0.1, 0.15) is 57.0 Å². The standard InChI is InChI=1S/C19H23N3O2.C6H11NO.H2/c1-4-13-7-6-8-14(9-13)15-10-16(22-18(24)12-20-3)19(21-11-15)17(23)5-2;1-7-5-3-2-4-6(7)8;/h6-11,20H,4-5,12H2,1-3H3,(H,22,24);2-5H2,1H3;1H. The summed E-state index contributed by atoms with van der Waals surface area (Å²) in [5, 5.41) is 5.58. The van der Waals surface area contributed by atoms with E-state index in [1.165, 1.54) is 12.0 Å². The summed E-state index contributed by atoms with van der Waals surface area (Å²) in [6.45, 7) is 5.01. The monoisotopic (exact) mass is 440 g/mol. The quantitative estimate of drug-likeness (QED) is 0.637. The first-order chi connectivity index (χ1) is 15.4. The summed E-state index contributed by atoms with van der Waals surface area (Å²) in [6.07, 6.45) is 6.00. The largest absolute Gasteiger partial charge is 0.346 e. The molecule has 174 valence electrons. The fraction of sp³-hybridized carbons (Fsp3) is 0.440. The zero-order chi connectivity index (χ0) is 23.5. The van der Waals surface area contributed by atoms with Crippen molar-refractivity contribution in [2.45, 2.75) is 46.0 Å². The lowest BCUT2D eigenvalue weighted by Crippen LogP contribution is -2.31. The Labute approximate surface area is 192 Å². The van der Waals surface area contributed by atoms with Crippen LogP contribution < -0.4 is 10.6 Å². The molecule has 32 heavy (non-hydrogen) atoms. The van der Waals surface area contributed by atoms with Crippen LogP contribution in [0.15, 0.2) is 36.5 Å². The van der Waals surface area contributed by atoms with Gasteiger partial charge in [-0.2, -0.15) is 0 Å². The number of nitrogens with zero attached hydrogens (tertiary/aromatic N) is 2. The first-order valence-electron chi connectivity index (χ1n) is 11.2. The Hall–Kier alpha value is -3.06. The van der Waals surface area contributed by atoms with Crippen molar-refractivity contribution < 1.29 is 15.8 Å². The number of carbonyl (C=O) groups is 3. The molecule has 1 aromatic heterocycles. The maximum atomic E-state index is 12.1. The van der Waals surface area contributed by atoms with E-state index in [0.717, 1.165) is 36.9 Å². The van der Waals surface area contributed by atoms with Gasteiger partial charge < -0.3 is 15.5 Å². The van der Waals surface area contributed by atoms with Gasteiger partial charge in [-0.15, -0.1) is 0 Å². The summed E-state index contributed by atoms with van der Waals surface area (Å²) in [5.41, 5.74) is 3.88. The fourth-order valence-electron chi connectivity index (χ4n) is 3.37. The molecule has 7 heteroatoms. The molecule has 2 N–H and O–H groups in total. The van der Waals surface area contributed by atoms with Crippen LogP contribution in [0.4, 0.5) is 5.69 Å². The third kappa shape index (κ3) is 7.27. The van der Waals surface area contributed by atoms with E-state index in [4.69, 9.17) is 0 Å². The molecular formula is C25H36N4O3. The minimum Gasteiger partial charge on any atom is -0.346 e. The number of aromatic nitrogens is 1. The number of pyridine rings is 1. The van der Waals surface area contributed by atoms with Crippen molar-refractivity contribution in [3.8, 4) is 11.1 Å². The number of aryl methyl sites for hydroxylation is 1. The van der Waals surface area contributed by atoms with Gasteiger partial charge in [0, 0.05) is 39.6 Å². The molecular weight excluding hydrogens is 404 g/mol. The van der Waals surface area contributed by atoms with E-state index >= 15 is 0 Å². The molecule has 1 aliphatic heterocycles. The minimum absolute atomic E-state index is 0. The number of benzene rings is 1. The first kappa shape index (κ1) is 25.2. The average Bonchev–Trinajstić information content (AvgIpc) is 2.81. The van der Waals surface area contributed by atoms with Gasteiger partial charge in [0.2, 0.25) is 11.8 Å². The van der Waals surface area contributed by atoms with E-state index in [2.05, 4.69) is 34.7 Å². The molecule has 2 aromatic rings. The molecule has 2 amide bonds. The summed E-state index contributed by atoms with van der Waals surface area (Å²) in [6, 6.07) is 9.98. The Balaban J connectivity index is 0.000000511. The molecule has 0 atom stereocenters. The number of ketones is 1. The zero-order valence-corrected chi connectivity index (χ0v) is 19.5. The van der Waals surface area contributed by atoms with Crippen LogP contribution in [0, 0.1) is 0 Å². The van der Waals surface area contributed by atoms with E-state index in [1.807, 2.05) is 25.2 Å². The number of amides is 2. The van der Waals surface area contributed by atoms with Crippen LogP contribution in [-0.4, -0.2) is 54.7 Å². The predicted octanol–water partition coefficient (Wildman–Crippen LogP) is 3.94. The van der Waals surface area contributed by atoms with Crippen LogP contribution in [0.5, 0.6) is 0 Å². The lowest BCUT2D eigenvalue weighted by molar-refractivity contribution is -0.131. The third-order valence-corrected chi connectivity index (χ3v) is 5.31. The SMILES string of the molecule is CCC(=O)c1ncc(-c2cccc(CC)c2)cc1NC(=O)CNC.CN1CCCCC1=O.[HH]. The molecule has 1 aliphatic rings. The second-order valence-electron chi connectivity index (χ2n) is 7.80. The van der Waals surface area contributed by atoms with Crippen molar-refractivity contribution in [3.05, 3.63) is 47.8 Å². The van der Waals surface area contributed by atoms with Gasteiger partial charge in [-0.05, 0) is 43.5 Å². The Morgan fingerprint density at radius 2 is 1.94 bits per heavy atom. The summed E-state index contributed by atoms with van der Waals surface area (Å²) in [4.78, 5) is 40.8. The molecule has 0 aliphatic carbocycles. The second kappa shape index (κ2) is 12.7. The maximum absolute atomic E-state index is 12.1. The molecule has 1 saturated heterocycles. The normalized spacial score (nSPS) is 13.2. The van der Waals surface area contributed by atoms with Gasteiger partial charge in [0.1, 0.15) is 5.69 Å². The molecule has 0 spiro atoms. The van der Waals surface area contributed by atoms with Gasteiger partial charge in [-0.25, -0.2) is 0 Å². The maximum Gasteiger partial charge on any atom is 0.238 e. The Morgan fingerprint density at radius 3 is 2.53 bits per heavy atom. The summed E-state index contributed by atoms with van der Waals surface area (Å²) < 4.78 is 0. The molecule has 1 aromatic carbocycles. The third-order valence-electron chi connectivity index (χ3n) is 5.31. The van der Waals surface area contributed by atoms with E-state index in [1.54, 1.807) is 25.1 Å². The Bertz CT molecular complexity index is 949. The van der Waals surface area contributed by atoms with Gasteiger partial charge in [0.25, 0.3) is 0 Å². The number of hydrogen-bond donors (Lipinski definition) is 2. The van der Waals surface area contributed by atoms with Crippen molar-refractivity contribution >= 4 is 23.3 Å². The van der Waals surface area contributed by atoms with Crippen LogP contribution in [0.3, 0.4) is 0 Å². The van der Waals surface area contributed by atoms with E-state index in [0.29, 0.717) is 23.7 Å². The number of rotatable bonds is 7. The minimum atomic E-state index is -0.205. The van der Waals surface area contributed by atoms with Crippen molar-refractivity contribution in [1.82, 2.24) is 15.2 Å². The highest BCUT2D eigenvalue weighted by Crippen LogP contribution is 2.26. The number of nitrogens with one attached hydrogen (secondary N) is 2.